The number of benzene rings is 1. The van der Waals surface area contributed by atoms with E-state index in [4.69, 9.17) is 5.11 Å². The summed E-state index contributed by atoms with van der Waals surface area (Å²) in [6.45, 7) is 0. The van der Waals surface area contributed by atoms with E-state index in [0.29, 0.717) is 9.26 Å². The second-order valence-corrected chi connectivity index (χ2v) is 7.27. The third-order valence-corrected chi connectivity index (χ3v) is 5.78. The van der Waals surface area contributed by atoms with Crippen molar-refractivity contribution in [2.75, 3.05) is 4.72 Å². The van der Waals surface area contributed by atoms with Gasteiger partial charge in [-0.15, -0.1) is 11.3 Å². The average Bonchev–Trinajstić information content (AvgIpc) is 2.82. The number of para-hydroxylation sites is 1. The highest BCUT2D eigenvalue weighted by atomic mass is 127. The Kier molecular flexibility index (Phi) is 4.06. The minimum atomic E-state index is -3.95. The number of aromatic carboxylic acids is 1. The number of anilines is 1. The number of carbonyl (C=O) groups is 1. The molecule has 0 atom stereocenters. The van der Waals surface area contributed by atoms with Crippen LogP contribution in [0.1, 0.15) is 10.5 Å². The van der Waals surface area contributed by atoms with E-state index < -0.39 is 21.7 Å². The molecule has 100 valence electrons. The number of thiazole rings is 1. The quantitative estimate of drug-likeness (QED) is 0.754. The number of nitrogens with zero attached hydrogens (tertiary/aromatic N) is 1. The lowest BCUT2D eigenvalue weighted by Crippen LogP contribution is -2.15. The number of rotatable bonds is 4. The van der Waals surface area contributed by atoms with Crippen molar-refractivity contribution in [2.24, 2.45) is 0 Å². The maximum Gasteiger partial charge on any atom is 0.356 e. The first-order chi connectivity index (χ1) is 8.92. The van der Waals surface area contributed by atoms with Crippen LogP contribution in [0.5, 0.6) is 0 Å². The lowest BCUT2D eigenvalue weighted by atomic mass is 10.3. The zero-order valence-electron chi connectivity index (χ0n) is 9.20. The van der Waals surface area contributed by atoms with Gasteiger partial charge in [0.1, 0.15) is 0 Å². The van der Waals surface area contributed by atoms with Crippen LogP contribution >= 0.6 is 33.9 Å². The van der Waals surface area contributed by atoms with Crippen LogP contribution in [0.2, 0.25) is 0 Å². The fourth-order valence-electron chi connectivity index (χ4n) is 1.30. The van der Waals surface area contributed by atoms with E-state index >= 15 is 0 Å². The predicted molar refractivity (Wildman–Crippen MR) is 79.0 cm³/mol. The fourth-order valence-corrected chi connectivity index (χ4v) is 4.23. The van der Waals surface area contributed by atoms with E-state index in [0.717, 1.165) is 11.3 Å². The molecule has 2 rings (SSSR count). The van der Waals surface area contributed by atoms with Crippen molar-refractivity contribution < 1.29 is 18.3 Å². The van der Waals surface area contributed by atoms with Gasteiger partial charge in [0.2, 0.25) is 0 Å². The molecule has 6 nitrogen and oxygen atoms in total. The van der Waals surface area contributed by atoms with Crippen LogP contribution in [-0.4, -0.2) is 24.5 Å². The Morgan fingerprint density at radius 1 is 1.37 bits per heavy atom. The van der Waals surface area contributed by atoms with Crippen molar-refractivity contribution >= 4 is 55.6 Å². The van der Waals surface area contributed by atoms with Gasteiger partial charge < -0.3 is 5.11 Å². The molecule has 0 aliphatic heterocycles. The van der Waals surface area contributed by atoms with Gasteiger partial charge >= 0.3 is 5.97 Å². The Hall–Kier alpha value is -1.20. The van der Waals surface area contributed by atoms with E-state index in [2.05, 4.69) is 9.71 Å². The van der Waals surface area contributed by atoms with E-state index in [-0.39, 0.29) is 4.21 Å². The molecule has 0 unspecified atom stereocenters. The highest BCUT2D eigenvalue weighted by Gasteiger charge is 2.26. The van der Waals surface area contributed by atoms with Crippen molar-refractivity contribution in [2.45, 2.75) is 4.21 Å². The minimum absolute atomic E-state index is 0.306. The maximum atomic E-state index is 12.1. The number of sulfonamides is 1. The molecule has 0 aliphatic rings. The van der Waals surface area contributed by atoms with Crippen LogP contribution < -0.4 is 4.72 Å². The van der Waals surface area contributed by atoms with E-state index in [1.54, 1.807) is 24.3 Å². The summed E-state index contributed by atoms with van der Waals surface area (Å²) in [7, 11) is -3.95. The normalized spacial score (nSPS) is 11.2. The molecule has 0 amide bonds. The topological polar surface area (TPSA) is 96.4 Å². The van der Waals surface area contributed by atoms with Crippen molar-refractivity contribution in [1.29, 1.82) is 0 Å². The minimum Gasteiger partial charge on any atom is -0.476 e. The SMILES string of the molecule is O=C(O)c1ncsc1S(=O)(=O)Nc1ccccc1I. The predicted octanol–water partition coefficient (Wildman–Crippen LogP) is 2.25. The van der Waals surface area contributed by atoms with Gasteiger partial charge in [0.05, 0.1) is 11.2 Å². The van der Waals surface area contributed by atoms with Crippen LogP contribution in [-0.2, 0) is 10.0 Å². The Morgan fingerprint density at radius 3 is 2.68 bits per heavy atom. The van der Waals surface area contributed by atoms with Gasteiger partial charge in [-0.1, -0.05) is 12.1 Å². The van der Waals surface area contributed by atoms with Crippen molar-refractivity contribution in [3.63, 3.8) is 0 Å². The number of hydrogen-bond acceptors (Lipinski definition) is 5. The highest BCUT2D eigenvalue weighted by molar-refractivity contribution is 14.1. The van der Waals surface area contributed by atoms with E-state index in [9.17, 15) is 13.2 Å². The smallest absolute Gasteiger partial charge is 0.356 e. The molecule has 1 aromatic carbocycles. The summed E-state index contributed by atoms with van der Waals surface area (Å²) in [5.41, 5.74) is 1.12. The molecule has 0 spiro atoms. The van der Waals surface area contributed by atoms with Crippen molar-refractivity contribution in [1.82, 2.24) is 4.98 Å². The van der Waals surface area contributed by atoms with E-state index in [1.807, 2.05) is 22.6 Å². The zero-order chi connectivity index (χ0) is 14.0. The summed E-state index contributed by atoms with van der Waals surface area (Å²) in [4.78, 5) is 14.4. The van der Waals surface area contributed by atoms with Gasteiger partial charge in [0.25, 0.3) is 10.0 Å². The lowest BCUT2D eigenvalue weighted by Gasteiger charge is -2.08. The lowest BCUT2D eigenvalue weighted by molar-refractivity contribution is 0.0687. The molecule has 19 heavy (non-hydrogen) atoms. The van der Waals surface area contributed by atoms with Crippen molar-refractivity contribution in [3.05, 3.63) is 39.0 Å². The fraction of sp³-hybridized carbons (Fsp3) is 0. The average molecular weight is 410 g/mol. The molecule has 1 aromatic heterocycles. The molecule has 0 fully saturated rings. The second kappa shape index (κ2) is 5.43. The summed E-state index contributed by atoms with van der Waals surface area (Å²) in [5, 5.41) is 8.89. The van der Waals surface area contributed by atoms with E-state index in [1.165, 1.54) is 5.51 Å². The van der Waals surface area contributed by atoms with Gasteiger partial charge in [0.15, 0.2) is 9.90 Å². The van der Waals surface area contributed by atoms with Gasteiger partial charge in [0, 0.05) is 3.57 Å². The largest absolute Gasteiger partial charge is 0.476 e. The number of halogens is 1. The molecule has 0 aliphatic carbocycles. The summed E-state index contributed by atoms with van der Waals surface area (Å²) < 4.78 is 27.0. The Morgan fingerprint density at radius 2 is 2.05 bits per heavy atom. The van der Waals surface area contributed by atoms with Gasteiger partial charge in [-0.2, -0.15) is 0 Å². The summed E-state index contributed by atoms with van der Waals surface area (Å²) in [6.07, 6.45) is 0. The maximum absolute atomic E-state index is 12.1. The van der Waals surface area contributed by atoms with Crippen LogP contribution in [0, 0.1) is 3.57 Å². The number of aromatic nitrogens is 1. The highest BCUT2D eigenvalue weighted by Crippen LogP contribution is 2.25. The number of carboxylic acid groups (broad SMARTS) is 1. The Balaban J connectivity index is 2.41. The number of carboxylic acids is 1. The molecule has 0 radical (unpaired) electrons. The molecule has 1 heterocycles. The monoisotopic (exact) mass is 410 g/mol. The number of hydrogen-bond donors (Lipinski definition) is 2. The Labute approximate surface area is 126 Å². The molecule has 0 bridgehead atoms. The molecular formula is C10H7IN2O4S2. The first-order valence-electron chi connectivity index (χ1n) is 4.86. The molecule has 2 aromatic rings. The van der Waals surface area contributed by atoms with Gasteiger partial charge in [-0.3, -0.25) is 4.72 Å². The molecule has 9 heteroatoms. The second-order valence-electron chi connectivity index (χ2n) is 3.38. The van der Waals surface area contributed by atoms with Gasteiger partial charge in [-0.05, 0) is 34.7 Å². The first-order valence-corrected chi connectivity index (χ1v) is 8.30. The van der Waals surface area contributed by atoms with Crippen LogP contribution in [0.4, 0.5) is 5.69 Å². The summed E-state index contributed by atoms with van der Waals surface area (Å²) in [5.74, 6) is -1.37. The molecule has 0 saturated heterocycles. The van der Waals surface area contributed by atoms with Crippen LogP contribution in [0.15, 0.2) is 34.0 Å². The van der Waals surface area contributed by atoms with Crippen molar-refractivity contribution in [3.8, 4) is 0 Å². The third kappa shape index (κ3) is 3.04. The molecule has 2 N–H and O–H groups in total. The Bertz CT molecular complexity index is 727. The summed E-state index contributed by atoms with van der Waals surface area (Å²) in [6, 6.07) is 6.80. The third-order valence-electron chi connectivity index (χ3n) is 2.10. The first kappa shape index (κ1) is 14.2. The standard InChI is InChI=1S/C10H7IN2O4S2/c11-6-3-1-2-4-7(6)13-19(16,17)10-8(9(14)15)12-5-18-10/h1-5,13H,(H,14,15). The van der Waals surface area contributed by atoms with Crippen LogP contribution in [0.25, 0.3) is 0 Å². The summed E-state index contributed by atoms with van der Waals surface area (Å²) >= 11 is 2.75. The zero-order valence-corrected chi connectivity index (χ0v) is 13.0. The van der Waals surface area contributed by atoms with Gasteiger partial charge in [-0.25, -0.2) is 18.2 Å². The number of nitrogens with one attached hydrogen (secondary N) is 1. The van der Waals surface area contributed by atoms with Crippen LogP contribution in [0.3, 0.4) is 0 Å². The molecular weight excluding hydrogens is 403 g/mol. The molecule has 0 saturated carbocycles.